The van der Waals surface area contributed by atoms with Crippen LogP contribution in [0.1, 0.15) is 56.1 Å². The van der Waals surface area contributed by atoms with Crippen LogP contribution in [0.25, 0.3) is 10.9 Å². The summed E-state index contributed by atoms with van der Waals surface area (Å²) in [5.41, 5.74) is 3.22. The molecular weight excluding hydrogens is 322 g/mol. The van der Waals surface area contributed by atoms with Gasteiger partial charge < -0.3 is 15.0 Å². The highest BCUT2D eigenvalue weighted by molar-refractivity contribution is 7.86. The van der Waals surface area contributed by atoms with E-state index in [9.17, 15) is 9.00 Å². The lowest BCUT2D eigenvalue weighted by atomic mass is 10.1. The van der Waals surface area contributed by atoms with Gasteiger partial charge in [0.05, 0.1) is 0 Å². The van der Waals surface area contributed by atoms with Crippen LogP contribution in [0.5, 0.6) is 0 Å². The third-order valence-electron chi connectivity index (χ3n) is 4.19. The van der Waals surface area contributed by atoms with Crippen molar-refractivity contribution in [1.82, 2.24) is 10.3 Å². The topological polar surface area (TPSA) is 74.0 Å². The minimum Gasteiger partial charge on any atom is -0.350 e. The maximum Gasteiger partial charge on any atom is 0.268 e. The second-order valence-corrected chi connectivity index (χ2v) is 7.48. The first-order valence-corrected chi connectivity index (χ1v) is 9.86. The zero-order chi connectivity index (χ0) is 17.7. The lowest BCUT2D eigenvalue weighted by molar-refractivity contribution is 0.0934. The maximum absolute atomic E-state index is 12.4. The SMILES string of the molecule is CCCCS(=O)Nc1ccc2[nH]c(C(=O)NC(C)CC)c(C)c2c1. The average Bonchev–Trinajstić information content (AvgIpc) is 2.89. The molecule has 6 heteroatoms. The molecular formula is C18H27N3O2S. The normalized spacial score (nSPS) is 13.7. The average molecular weight is 350 g/mol. The summed E-state index contributed by atoms with van der Waals surface area (Å²) in [6.45, 7) is 8.05. The van der Waals surface area contributed by atoms with Crippen LogP contribution < -0.4 is 10.0 Å². The quantitative estimate of drug-likeness (QED) is 0.676. The largest absolute Gasteiger partial charge is 0.350 e. The van der Waals surface area contributed by atoms with Crippen LogP contribution >= 0.6 is 0 Å². The molecule has 1 aromatic heterocycles. The Morgan fingerprint density at radius 1 is 1.33 bits per heavy atom. The number of hydrogen-bond acceptors (Lipinski definition) is 2. The van der Waals surface area contributed by atoms with Gasteiger partial charge in [-0.15, -0.1) is 0 Å². The van der Waals surface area contributed by atoms with E-state index in [1.54, 1.807) is 0 Å². The van der Waals surface area contributed by atoms with Crippen LogP contribution in [-0.2, 0) is 11.0 Å². The molecule has 0 aliphatic heterocycles. The van der Waals surface area contributed by atoms with Crippen molar-refractivity contribution in [2.24, 2.45) is 0 Å². The lowest BCUT2D eigenvalue weighted by Gasteiger charge is -2.10. The van der Waals surface area contributed by atoms with E-state index < -0.39 is 11.0 Å². The first kappa shape index (κ1) is 18.5. The van der Waals surface area contributed by atoms with Crippen molar-refractivity contribution >= 4 is 33.5 Å². The third-order valence-corrected chi connectivity index (χ3v) is 5.31. The molecule has 0 bridgehead atoms. The number of benzene rings is 1. The minimum absolute atomic E-state index is 0.0842. The standard InChI is InChI=1S/C18H27N3O2S/c1-5-7-10-24(23)21-14-8-9-16-15(11-14)13(4)17(20-16)18(22)19-12(3)6-2/h8-9,11-12,20-21H,5-7,10H2,1-4H3,(H,19,22). The first-order chi connectivity index (χ1) is 11.5. The molecule has 1 aromatic carbocycles. The van der Waals surface area contributed by atoms with Crippen molar-refractivity contribution in [2.75, 3.05) is 10.5 Å². The molecule has 3 N–H and O–H groups in total. The van der Waals surface area contributed by atoms with E-state index in [4.69, 9.17) is 0 Å². The van der Waals surface area contributed by atoms with Crippen molar-refractivity contribution in [3.63, 3.8) is 0 Å². The summed E-state index contributed by atoms with van der Waals surface area (Å²) < 4.78 is 15.0. The van der Waals surface area contributed by atoms with Gasteiger partial charge in [0.25, 0.3) is 5.91 Å². The number of amides is 1. The molecule has 0 fully saturated rings. The molecule has 0 saturated heterocycles. The van der Waals surface area contributed by atoms with Gasteiger partial charge in [-0.25, -0.2) is 4.21 Å². The predicted molar refractivity (Wildman–Crippen MR) is 102 cm³/mol. The lowest BCUT2D eigenvalue weighted by Crippen LogP contribution is -2.32. The molecule has 5 nitrogen and oxygen atoms in total. The molecule has 24 heavy (non-hydrogen) atoms. The Morgan fingerprint density at radius 3 is 2.75 bits per heavy atom. The Bertz CT molecular complexity index is 739. The molecule has 2 atom stereocenters. The molecule has 2 rings (SSSR count). The summed E-state index contributed by atoms with van der Waals surface area (Å²) in [6, 6.07) is 5.90. The van der Waals surface area contributed by atoms with Crippen LogP contribution in [0, 0.1) is 6.92 Å². The van der Waals surface area contributed by atoms with E-state index in [2.05, 4.69) is 21.9 Å². The number of nitrogens with one attached hydrogen (secondary N) is 3. The molecule has 0 aliphatic carbocycles. The van der Waals surface area contributed by atoms with Gasteiger partial charge in [0.1, 0.15) is 16.7 Å². The van der Waals surface area contributed by atoms with Gasteiger partial charge in [0.15, 0.2) is 0 Å². The smallest absolute Gasteiger partial charge is 0.268 e. The molecule has 1 amide bonds. The van der Waals surface area contributed by atoms with Crippen LogP contribution in [0.2, 0.25) is 0 Å². The fraction of sp³-hybridized carbons (Fsp3) is 0.500. The monoisotopic (exact) mass is 349 g/mol. The van der Waals surface area contributed by atoms with E-state index in [0.29, 0.717) is 11.4 Å². The zero-order valence-electron chi connectivity index (χ0n) is 14.9. The van der Waals surface area contributed by atoms with E-state index in [0.717, 1.165) is 41.4 Å². The highest BCUT2D eigenvalue weighted by Gasteiger charge is 2.16. The molecule has 1 heterocycles. The number of rotatable bonds is 8. The number of carbonyl (C=O) groups is 1. The number of aryl methyl sites for hydroxylation is 1. The maximum atomic E-state index is 12.4. The molecule has 132 valence electrons. The van der Waals surface area contributed by atoms with Gasteiger partial charge >= 0.3 is 0 Å². The van der Waals surface area contributed by atoms with Crippen LogP contribution in [0.4, 0.5) is 5.69 Å². The fourth-order valence-corrected chi connectivity index (χ4v) is 3.52. The minimum atomic E-state index is -1.07. The Balaban J connectivity index is 2.22. The van der Waals surface area contributed by atoms with Gasteiger partial charge in [-0.05, 0) is 50.5 Å². The number of H-pyrrole nitrogens is 1. The van der Waals surface area contributed by atoms with Crippen LogP contribution in [0.15, 0.2) is 18.2 Å². The van der Waals surface area contributed by atoms with Gasteiger partial charge in [0, 0.05) is 28.4 Å². The number of unbranched alkanes of at least 4 members (excludes halogenated alkanes) is 1. The van der Waals surface area contributed by atoms with Crippen LogP contribution in [-0.4, -0.2) is 26.9 Å². The van der Waals surface area contributed by atoms with E-state index in [1.807, 2.05) is 39.0 Å². The Labute approximate surface area is 146 Å². The summed E-state index contributed by atoms with van der Waals surface area (Å²) in [5, 5.41) is 3.96. The summed E-state index contributed by atoms with van der Waals surface area (Å²) in [7, 11) is -1.07. The predicted octanol–water partition coefficient (Wildman–Crippen LogP) is 3.88. The first-order valence-electron chi connectivity index (χ1n) is 8.54. The molecule has 2 aromatic rings. The Kier molecular flexibility index (Phi) is 6.43. The Hall–Kier alpha value is -1.82. The zero-order valence-corrected chi connectivity index (χ0v) is 15.7. The van der Waals surface area contributed by atoms with Gasteiger partial charge in [-0.2, -0.15) is 0 Å². The summed E-state index contributed by atoms with van der Waals surface area (Å²) in [5.74, 6) is 0.558. The summed E-state index contributed by atoms with van der Waals surface area (Å²) in [6.07, 6.45) is 2.85. The molecule has 2 unspecified atom stereocenters. The fourth-order valence-electron chi connectivity index (χ4n) is 2.47. The summed E-state index contributed by atoms with van der Waals surface area (Å²) >= 11 is 0. The van der Waals surface area contributed by atoms with E-state index in [1.165, 1.54) is 0 Å². The molecule has 0 saturated carbocycles. The van der Waals surface area contributed by atoms with E-state index in [-0.39, 0.29) is 11.9 Å². The number of fused-ring (bicyclic) bond motifs is 1. The van der Waals surface area contributed by atoms with Crippen molar-refractivity contribution in [3.8, 4) is 0 Å². The van der Waals surface area contributed by atoms with Crippen molar-refractivity contribution < 1.29 is 9.00 Å². The van der Waals surface area contributed by atoms with Crippen molar-refractivity contribution in [1.29, 1.82) is 0 Å². The second-order valence-electron chi connectivity index (χ2n) is 6.17. The highest BCUT2D eigenvalue weighted by atomic mass is 32.2. The third kappa shape index (κ3) is 4.38. The molecule has 0 aliphatic rings. The van der Waals surface area contributed by atoms with Crippen LogP contribution in [0.3, 0.4) is 0 Å². The number of hydrogen-bond donors (Lipinski definition) is 3. The highest BCUT2D eigenvalue weighted by Crippen LogP contribution is 2.25. The number of aromatic nitrogens is 1. The molecule has 0 spiro atoms. The molecule has 0 radical (unpaired) electrons. The second kappa shape index (κ2) is 8.33. The van der Waals surface area contributed by atoms with Gasteiger partial charge in [-0.1, -0.05) is 20.3 Å². The van der Waals surface area contributed by atoms with Gasteiger partial charge in [0.2, 0.25) is 0 Å². The van der Waals surface area contributed by atoms with Crippen molar-refractivity contribution in [2.45, 2.75) is 53.0 Å². The Morgan fingerprint density at radius 2 is 2.08 bits per heavy atom. The van der Waals surface area contributed by atoms with E-state index >= 15 is 0 Å². The van der Waals surface area contributed by atoms with Crippen molar-refractivity contribution in [3.05, 3.63) is 29.5 Å². The number of anilines is 1. The number of aromatic amines is 1. The number of carbonyl (C=O) groups excluding carboxylic acids is 1. The van der Waals surface area contributed by atoms with Gasteiger partial charge in [-0.3, -0.25) is 4.79 Å². The summed E-state index contributed by atoms with van der Waals surface area (Å²) in [4.78, 5) is 15.6.